The number of benzene rings is 1. The summed E-state index contributed by atoms with van der Waals surface area (Å²) in [6.45, 7) is 3.43. The van der Waals surface area contributed by atoms with E-state index in [2.05, 4.69) is 10.2 Å². The first-order valence-electron chi connectivity index (χ1n) is 11.4. The first kappa shape index (κ1) is 20.5. The van der Waals surface area contributed by atoms with Crippen molar-refractivity contribution >= 4 is 29.1 Å². The van der Waals surface area contributed by atoms with E-state index in [0.29, 0.717) is 51.3 Å². The number of nitrogens with one attached hydrogen (secondary N) is 1. The number of para-hydroxylation sites is 2. The number of hydrogen-bond donors (Lipinski definition) is 1. The molecule has 3 heterocycles. The lowest BCUT2D eigenvalue weighted by Crippen LogP contribution is -2.63. The molecule has 1 aromatic rings. The number of carbonyl (C=O) groups is 3. The number of anilines is 2. The summed E-state index contributed by atoms with van der Waals surface area (Å²) in [5, 5.41) is 3.02. The number of carbonyl (C=O) groups excluding carboxylic acids is 3. The van der Waals surface area contributed by atoms with Gasteiger partial charge in [-0.05, 0) is 37.8 Å². The number of rotatable bonds is 3. The van der Waals surface area contributed by atoms with E-state index < -0.39 is 5.54 Å². The second kappa shape index (κ2) is 8.24. The van der Waals surface area contributed by atoms with Crippen molar-refractivity contribution in [2.45, 2.75) is 50.2 Å². The molecule has 1 aliphatic carbocycles. The molecule has 0 bridgehead atoms. The van der Waals surface area contributed by atoms with Gasteiger partial charge in [-0.15, -0.1) is 0 Å². The fourth-order valence-electron chi connectivity index (χ4n) is 5.49. The Morgan fingerprint density at radius 3 is 2.52 bits per heavy atom. The zero-order valence-electron chi connectivity index (χ0n) is 17.8. The van der Waals surface area contributed by atoms with Gasteiger partial charge >= 0.3 is 0 Å². The predicted molar refractivity (Wildman–Crippen MR) is 116 cm³/mol. The molecule has 8 heteroatoms. The zero-order valence-corrected chi connectivity index (χ0v) is 17.8. The summed E-state index contributed by atoms with van der Waals surface area (Å²) in [6.07, 6.45) is 4.74. The van der Waals surface area contributed by atoms with Crippen LogP contribution in [0.3, 0.4) is 0 Å². The van der Waals surface area contributed by atoms with Crippen LogP contribution in [0.5, 0.6) is 0 Å². The summed E-state index contributed by atoms with van der Waals surface area (Å²) < 4.78 is 5.53. The Hall–Kier alpha value is -2.45. The maximum Gasteiger partial charge on any atom is 0.251 e. The van der Waals surface area contributed by atoms with Crippen molar-refractivity contribution in [1.29, 1.82) is 0 Å². The van der Waals surface area contributed by atoms with Gasteiger partial charge in [0.2, 0.25) is 5.91 Å². The summed E-state index contributed by atoms with van der Waals surface area (Å²) in [5.74, 6) is -0.0258. The number of nitrogens with zero attached hydrogens (tertiary/aromatic N) is 3. The Morgan fingerprint density at radius 2 is 1.81 bits per heavy atom. The molecule has 1 saturated carbocycles. The van der Waals surface area contributed by atoms with Crippen LogP contribution >= 0.6 is 0 Å². The Kier molecular flexibility index (Phi) is 5.44. The lowest BCUT2D eigenvalue weighted by atomic mass is 9.89. The molecule has 8 nitrogen and oxygen atoms in total. The normalized spacial score (nSPS) is 25.5. The lowest BCUT2D eigenvalue weighted by molar-refractivity contribution is -0.142. The van der Waals surface area contributed by atoms with Crippen LogP contribution in [-0.4, -0.2) is 78.5 Å². The van der Waals surface area contributed by atoms with E-state index >= 15 is 0 Å². The molecule has 1 spiro atoms. The van der Waals surface area contributed by atoms with Crippen LogP contribution in [0.4, 0.5) is 11.4 Å². The van der Waals surface area contributed by atoms with Crippen LogP contribution in [-0.2, 0) is 19.1 Å². The number of amides is 3. The van der Waals surface area contributed by atoms with Gasteiger partial charge in [-0.25, -0.2) is 0 Å². The Bertz CT molecular complexity index is 868. The van der Waals surface area contributed by atoms with Crippen LogP contribution in [0.1, 0.15) is 38.5 Å². The van der Waals surface area contributed by atoms with Crippen LogP contribution in [0.2, 0.25) is 0 Å². The average molecular weight is 427 g/mol. The molecule has 0 radical (unpaired) electrons. The van der Waals surface area contributed by atoms with E-state index in [-0.39, 0.29) is 30.4 Å². The molecule has 4 aliphatic rings. The van der Waals surface area contributed by atoms with E-state index in [1.165, 1.54) is 0 Å². The Labute approximate surface area is 182 Å². The second-order valence-electron chi connectivity index (χ2n) is 9.04. The van der Waals surface area contributed by atoms with Crippen molar-refractivity contribution in [1.82, 2.24) is 9.80 Å². The molecule has 166 valence electrons. The van der Waals surface area contributed by atoms with Gasteiger partial charge < -0.3 is 15.0 Å². The Morgan fingerprint density at radius 1 is 1.06 bits per heavy atom. The van der Waals surface area contributed by atoms with Crippen LogP contribution < -0.4 is 10.2 Å². The highest BCUT2D eigenvalue weighted by Crippen LogP contribution is 2.45. The fourth-order valence-corrected chi connectivity index (χ4v) is 5.49. The standard InChI is InChI=1S/C23H30N4O4/c28-20(16-25-11-13-26(14-12-25)21(29)19-8-5-15-31-19)27-18-7-2-1-6-17(18)24-22(30)23(27)9-3-4-10-23/h1-2,6-7,19H,3-5,8-16H2,(H,24,30). The number of piperazine rings is 1. The highest BCUT2D eigenvalue weighted by molar-refractivity contribution is 6.15. The zero-order chi connectivity index (χ0) is 21.4. The van der Waals surface area contributed by atoms with Crippen molar-refractivity contribution in [2.24, 2.45) is 0 Å². The average Bonchev–Trinajstić information content (AvgIpc) is 3.48. The molecule has 3 amide bonds. The van der Waals surface area contributed by atoms with Crippen LogP contribution in [0.25, 0.3) is 0 Å². The molecule has 3 aliphatic heterocycles. The van der Waals surface area contributed by atoms with Gasteiger partial charge in [0, 0.05) is 32.8 Å². The molecular formula is C23H30N4O4. The van der Waals surface area contributed by atoms with Crippen molar-refractivity contribution in [3.63, 3.8) is 0 Å². The van der Waals surface area contributed by atoms with Crippen molar-refractivity contribution in [3.05, 3.63) is 24.3 Å². The summed E-state index contributed by atoms with van der Waals surface area (Å²) in [5.41, 5.74) is 0.717. The first-order valence-corrected chi connectivity index (χ1v) is 11.4. The van der Waals surface area contributed by atoms with Gasteiger partial charge in [0.25, 0.3) is 11.8 Å². The number of ether oxygens (including phenoxy) is 1. The molecule has 1 aromatic carbocycles. The Balaban J connectivity index is 1.28. The monoisotopic (exact) mass is 426 g/mol. The summed E-state index contributed by atoms with van der Waals surface area (Å²) in [6, 6.07) is 7.56. The van der Waals surface area contributed by atoms with Crippen molar-refractivity contribution < 1.29 is 19.1 Å². The molecule has 1 N–H and O–H groups in total. The molecule has 31 heavy (non-hydrogen) atoms. The predicted octanol–water partition coefficient (Wildman–Crippen LogP) is 1.61. The van der Waals surface area contributed by atoms with E-state index in [4.69, 9.17) is 4.74 Å². The maximum atomic E-state index is 13.6. The molecule has 0 aromatic heterocycles. The van der Waals surface area contributed by atoms with Gasteiger partial charge in [0.15, 0.2) is 0 Å². The molecule has 5 rings (SSSR count). The third-order valence-corrected chi connectivity index (χ3v) is 7.17. The molecule has 3 fully saturated rings. The third-order valence-electron chi connectivity index (χ3n) is 7.17. The summed E-state index contributed by atoms with van der Waals surface area (Å²) in [7, 11) is 0. The minimum absolute atomic E-state index is 0.0388. The number of hydrogen-bond acceptors (Lipinski definition) is 5. The third kappa shape index (κ3) is 3.61. The van der Waals surface area contributed by atoms with Gasteiger partial charge in [-0.1, -0.05) is 25.0 Å². The van der Waals surface area contributed by atoms with Gasteiger partial charge in [0.1, 0.15) is 11.6 Å². The number of fused-ring (bicyclic) bond motifs is 1. The molecular weight excluding hydrogens is 396 g/mol. The molecule has 1 unspecified atom stereocenters. The highest BCUT2D eigenvalue weighted by atomic mass is 16.5. The topological polar surface area (TPSA) is 82.2 Å². The van der Waals surface area contributed by atoms with Gasteiger partial charge in [-0.3, -0.25) is 24.2 Å². The second-order valence-corrected chi connectivity index (χ2v) is 9.04. The van der Waals surface area contributed by atoms with E-state index in [9.17, 15) is 14.4 Å². The van der Waals surface area contributed by atoms with E-state index in [1.54, 1.807) is 4.90 Å². The van der Waals surface area contributed by atoms with Gasteiger partial charge in [-0.2, -0.15) is 0 Å². The first-order chi connectivity index (χ1) is 15.1. The van der Waals surface area contributed by atoms with Crippen molar-refractivity contribution in [2.75, 3.05) is 49.5 Å². The molecule has 2 saturated heterocycles. The van der Waals surface area contributed by atoms with Gasteiger partial charge in [0.05, 0.1) is 17.9 Å². The SMILES string of the molecule is O=C(C1CCCO1)N1CCN(CC(=O)N2c3ccccc3NC(=O)C23CCCC3)CC1. The lowest BCUT2D eigenvalue weighted by Gasteiger charge is -2.45. The highest BCUT2D eigenvalue weighted by Gasteiger charge is 2.52. The summed E-state index contributed by atoms with van der Waals surface area (Å²) >= 11 is 0. The largest absolute Gasteiger partial charge is 0.368 e. The van der Waals surface area contributed by atoms with E-state index in [0.717, 1.165) is 31.4 Å². The quantitative estimate of drug-likeness (QED) is 0.794. The minimum atomic E-state index is -0.775. The maximum absolute atomic E-state index is 13.6. The fraction of sp³-hybridized carbons (Fsp3) is 0.609. The van der Waals surface area contributed by atoms with Crippen LogP contribution in [0.15, 0.2) is 24.3 Å². The van der Waals surface area contributed by atoms with Crippen LogP contribution in [0, 0.1) is 0 Å². The summed E-state index contributed by atoms with van der Waals surface area (Å²) in [4.78, 5) is 44.9. The smallest absolute Gasteiger partial charge is 0.251 e. The molecule has 1 atom stereocenters. The minimum Gasteiger partial charge on any atom is -0.368 e. The van der Waals surface area contributed by atoms with Crippen molar-refractivity contribution in [3.8, 4) is 0 Å². The van der Waals surface area contributed by atoms with E-state index in [1.807, 2.05) is 29.2 Å².